The van der Waals surface area contributed by atoms with Gasteiger partial charge in [0.15, 0.2) is 0 Å². The first-order chi connectivity index (χ1) is 13.9. The van der Waals surface area contributed by atoms with Crippen LogP contribution in [0.2, 0.25) is 0 Å². The molecule has 1 amide bonds. The first-order valence-corrected chi connectivity index (χ1v) is 8.29. The number of nitrogens with zero attached hydrogens (tertiary/aromatic N) is 4. The van der Waals surface area contributed by atoms with Crippen LogP contribution in [0.4, 0.5) is 10.5 Å². The van der Waals surface area contributed by atoms with Crippen LogP contribution in [0.3, 0.4) is 0 Å². The average Bonchev–Trinajstić information content (AvgIpc) is 3.11. The summed E-state index contributed by atoms with van der Waals surface area (Å²) in [6, 6.07) is 7.61. The highest BCUT2D eigenvalue weighted by Gasteiger charge is 2.23. The summed E-state index contributed by atoms with van der Waals surface area (Å²) in [6.07, 6.45) is 2.29. The number of nitrogens with two attached hydrogens (primary N) is 1. The second-order valence-electron chi connectivity index (χ2n) is 5.86. The Morgan fingerprint density at radius 3 is 2.76 bits per heavy atom. The van der Waals surface area contributed by atoms with Crippen LogP contribution < -0.4 is 19.9 Å². The zero-order chi connectivity index (χ0) is 21.0. The molecule has 0 atom stereocenters. The molecule has 29 heavy (non-hydrogen) atoms. The van der Waals surface area contributed by atoms with Crippen molar-refractivity contribution in [2.24, 2.45) is 12.8 Å². The maximum atomic E-state index is 11.5. The molecule has 3 aromatic rings. The van der Waals surface area contributed by atoms with E-state index in [1.54, 1.807) is 42.3 Å². The Labute approximate surface area is 164 Å². The van der Waals surface area contributed by atoms with Gasteiger partial charge >= 0.3 is 11.8 Å². The Kier molecular flexibility index (Phi) is 5.58. The molecular weight excluding hydrogens is 382 g/mol. The van der Waals surface area contributed by atoms with Crippen LogP contribution in [-0.4, -0.2) is 32.9 Å². The van der Waals surface area contributed by atoms with Gasteiger partial charge in [-0.05, 0) is 12.1 Å². The summed E-state index contributed by atoms with van der Waals surface area (Å²) in [6.45, 7) is -0.0219. The molecule has 0 saturated carbocycles. The lowest BCUT2D eigenvalue weighted by atomic mass is 10.1. The third kappa shape index (κ3) is 4.58. The number of nitro benzene ring substituents is 1. The number of amides is 1. The van der Waals surface area contributed by atoms with E-state index < -0.39 is 11.0 Å². The average molecular weight is 399 g/mol. The fraction of sp³-hybridized carbons (Fsp3) is 0.167. The van der Waals surface area contributed by atoms with E-state index in [4.69, 9.17) is 19.9 Å². The summed E-state index contributed by atoms with van der Waals surface area (Å²) in [5.41, 5.74) is 6.25. The first-order valence-electron chi connectivity index (χ1n) is 8.29. The lowest BCUT2D eigenvalue weighted by Gasteiger charge is -2.12. The fourth-order valence-corrected chi connectivity index (χ4v) is 2.65. The van der Waals surface area contributed by atoms with Crippen molar-refractivity contribution >= 4 is 11.8 Å². The molecule has 0 spiro atoms. The number of carbonyl (C=O) groups is 1. The highest BCUT2D eigenvalue weighted by molar-refractivity contribution is 5.76. The van der Waals surface area contributed by atoms with Crippen molar-refractivity contribution in [2.45, 2.75) is 6.61 Å². The van der Waals surface area contributed by atoms with Gasteiger partial charge in [0.05, 0.1) is 30.0 Å². The SMILES string of the molecule is COc1c(-c2cnn(C)c2)cc(OCc2cccc(OC(N)=O)n2)cc1[N+](=O)[O-]. The zero-order valence-corrected chi connectivity index (χ0v) is 15.6. The molecule has 0 unspecified atom stereocenters. The molecule has 0 radical (unpaired) electrons. The van der Waals surface area contributed by atoms with E-state index in [9.17, 15) is 14.9 Å². The highest BCUT2D eigenvalue weighted by atomic mass is 16.6. The van der Waals surface area contributed by atoms with Gasteiger partial charge in [0, 0.05) is 30.4 Å². The van der Waals surface area contributed by atoms with E-state index in [-0.39, 0.29) is 29.7 Å². The van der Waals surface area contributed by atoms with Gasteiger partial charge in [-0.25, -0.2) is 9.78 Å². The third-order valence-electron chi connectivity index (χ3n) is 3.83. The summed E-state index contributed by atoms with van der Waals surface area (Å²) >= 11 is 0. The van der Waals surface area contributed by atoms with Gasteiger partial charge < -0.3 is 19.9 Å². The number of primary amides is 1. The number of benzene rings is 1. The van der Waals surface area contributed by atoms with Crippen molar-refractivity contribution in [1.82, 2.24) is 14.8 Å². The summed E-state index contributed by atoms with van der Waals surface area (Å²) in [5.74, 6) is 0.361. The lowest BCUT2D eigenvalue weighted by molar-refractivity contribution is -0.385. The topological polar surface area (TPSA) is 145 Å². The molecule has 1 aromatic carbocycles. The number of nitro groups is 1. The number of carbonyl (C=O) groups excluding carboxylic acids is 1. The van der Waals surface area contributed by atoms with E-state index in [1.807, 2.05) is 0 Å². The predicted octanol–water partition coefficient (Wildman–Crippen LogP) is 2.44. The Balaban J connectivity index is 1.92. The third-order valence-corrected chi connectivity index (χ3v) is 3.83. The quantitative estimate of drug-likeness (QED) is 0.471. The normalized spacial score (nSPS) is 10.4. The zero-order valence-electron chi connectivity index (χ0n) is 15.6. The Hall–Kier alpha value is -4.15. The number of hydrogen-bond donors (Lipinski definition) is 1. The van der Waals surface area contributed by atoms with E-state index in [1.165, 1.54) is 19.2 Å². The number of aromatic nitrogens is 3. The van der Waals surface area contributed by atoms with Crippen molar-refractivity contribution in [3.05, 3.63) is 58.5 Å². The molecule has 150 valence electrons. The fourth-order valence-electron chi connectivity index (χ4n) is 2.65. The Morgan fingerprint density at radius 2 is 2.14 bits per heavy atom. The second kappa shape index (κ2) is 8.25. The van der Waals surface area contributed by atoms with Gasteiger partial charge in [0.1, 0.15) is 12.4 Å². The molecule has 3 rings (SSSR count). The molecule has 2 aromatic heterocycles. The lowest BCUT2D eigenvalue weighted by Crippen LogP contribution is -2.17. The number of pyridine rings is 1. The van der Waals surface area contributed by atoms with E-state index in [0.717, 1.165) is 0 Å². The summed E-state index contributed by atoms with van der Waals surface area (Å²) in [4.78, 5) is 25.9. The minimum atomic E-state index is -0.984. The Morgan fingerprint density at radius 1 is 1.34 bits per heavy atom. The van der Waals surface area contributed by atoms with Crippen molar-refractivity contribution in [3.8, 4) is 28.5 Å². The summed E-state index contributed by atoms with van der Waals surface area (Å²) < 4.78 is 17.3. The molecule has 11 heteroatoms. The number of ether oxygens (including phenoxy) is 3. The van der Waals surface area contributed by atoms with Crippen molar-refractivity contribution < 1.29 is 23.9 Å². The smallest absolute Gasteiger partial charge is 0.411 e. The molecule has 0 fully saturated rings. The molecule has 0 bridgehead atoms. The second-order valence-corrected chi connectivity index (χ2v) is 5.86. The molecule has 2 heterocycles. The minimum Gasteiger partial charge on any atom is -0.490 e. The number of rotatable bonds is 7. The van der Waals surface area contributed by atoms with Gasteiger partial charge in [-0.15, -0.1) is 0 Å². The molecule has 2 N–H and O–H groups in total. The van der Waals surface area contributed by atoms with Crippen LogP contribution in [0.5, 0.6) is 17.4 Å². The number of hydrogen-bond acceptors (Lipinski definition) is 8. The van der Waals surface area contributed by atoms with Gasteiger partial charge in [-0.1, -0.05) is 6.07 Å². The summed E-state index contributed by atoms with van der Waals surface area (Å²) in [5, 5.41) is 15.6. The molecule has 0 saturated heterocycles. The minimum absolute atomic E-state index is 0.0219. The maximum absolute atomic E-state index is 11.5. The van der Waals surface area contributed by atoms with E-state index in [0.29, 0.717) is 16.8 Å². The molecular formula is C18H17N5O6. The van der Waals surface area contributed by atoms with Crippen LogP contribution in [0.1, 0.15) is 5.69 Å². The molecule has 0 aliphatic heterocycles. The van der Waals surface area contributed by atoms with Crippen LogP contribution in [0.25, 0.3) is 11.1 Å². The first kappa shape index (κ1) is 19.6. The van der Waals surface area contributed by atoms with Gasteiger partial charge in [0.2, 0.25) is 11.6 Å². The van der Waals surface area contributed by atoms with E-state index >= 15 is 0 Å². The standard InChI is InChI=1S/C18H17N5O6/c1-22-9-11(8-20-22)14-6-13(7-15(23(25)26)17(14)27-2)28-10-12-4-3-5-16(21-12)29-18(19)24/h3-9H,10H2,1-2H3,(H2,19,24). The summed E-state index contributed by atoms with van der Waals surface area (Å²) in [7, 11) is 3.09. The predicted molar refractivity (Wildman–Crippen MR) is 101 cm³/mol. The molecule has 0 aliphatic rings. The van der Waals surface area contributed by atoms with Crippen LogP contribution in [-0.2, 0) is 13.7 Å². The van der Waals surface area contributed by atoms with Gasteiger partial charge in [-0.3, -0.25) is 14.8 Å². The van der Waals surface area contributed by atoms with Crippen molar-refractivity contribution in [3.63, 3.8) is 0 Å². The molecule has 11 nitrogen and oxygen atoms in total. The van der Waals surface area contributed by atoms with Gasteiger partial charge in [0.25, 0.3) is 0 Å². The van der Waals surface area contributed by atoms with Crippen LogP contribution >= 0.6 is 0 Å². The number of aryl methyl sites for hydroxylation is 1. The van der Waals surface area contributed by atoms with Gasteiger partial charge in [-0.2, -0.15) is 5.10 Å². The molecule has 0 aliphatic carbocycles. The largest absolute Gasteiger partial charge is 0.490 e. The highest BCUT2D eigenvalue weighted by Crippen LogP contribution is 2.41. The van der Waals surface area contributed by atoms with Crippen LogP contribution in [0, 0.1) is 10.1 Å². The van der Waals surface area contributed by atoms with Crippen molar-refractivity contribution in [2.75, 3.05) is 7.11 Å². The van der Waals surface area contributed by atoms with Crippen LogP contribution in [0.15, 0.2) is 42.7 Å². The van der Waals surface area contributed by atoms with Crippen molar-refractivity contribution in [1.29, 1.82) is 0 Å². The monoisotopic (exact) mass is 399 g/mol. The number of methoxy groups -OCH3 is 1. The maximum Gasteiger partial charge on any atom is 0.411 e. The van der Waals surface area contributed by atoms with E-state index in [2.05, 4.69) is 10.1 Å². The Bertz CT molecular complexity index is 1060.